The van der Waals surface area contributed by atoms with Gasteiger partial charge in [0.15, 0.2) is 0 Å². The Labute approximate surface area is 115 Å². The van der Waals surface area contributed by atoms with Gasteiger partial charge < -0.3 is 9.47 Å². The van der Waals surface area contributed by atoms with Crippen molar-refractivity contribution >= 4 is 5.97 Å². The lowest BCUT2D eigenvalue weighted by Gasteiger charge is -2.14. The molecule has 1 atom stereocenters. The summed E-state index contributed by atoms with van der Waals surface area (Å²) in [4.78, 5) is 11.3. The van der Waals surface area contributed by atoms with E-state index in [1.54, 1.807) is 13.8 Å². The third-order valence-electron chi connectivity index (χ3n) is 2.60. The second-order valence-corrected chi connectivity index (χ2v) is 4.70. The van der Waals surface area contributed by atoms with E-state index >= 15 is 0 Å². The molecule has 0 aliphatic heterocycles. The molecule has 104 valence electrons. The highest BCUT2D eigenvalue weighted by molar-refractivity contribution is 5.87. The molecule has 1 aromatic rings. The first-order chi connectivity index (χ1) is 9.02. The fourth-order valence-electron chi connectivity index (χ4n) is 1.57. The van der Waals surface area contributed by atoms with Crippen LogP contribution in [0.5, 0.6) is 5.75 Å². The van der Waals surface area contributed by atoms with Gasteiger partial charge >= 0.3 is 5.97 Å². The van der Waals surface area contributed by atoms with Gasteiger partial charge in [0.2, 0.25) is 0 Å². The van der Waals surface area contributed by atoms with Crippen LogP contribution in [-0.4, -0.2) is 18.7 Å². The maximum Gasteiger partial charge on any atom is 0.333 e. The summed E-state index contributed by atoms with van der Waals surface area (Å²) in [7, 11) is 0. The van der Waals surface area contributed by atoms with E-state index in [2.05, 4.69) is 25.6 Å². The lowest BCUT2D eigenvalue weighted by Crippen LogP contribution is -2.22. The molecule has 0 aliphatic rings. The SMILES string of the molecule is C=C(C)C(=O)OC(C)COc1ccc(CCC)cc1. The molecule has 0 aliphatic carbocycles. The summed E-state index contributed by atoms with van der Waals surface area (Å²) in [5.74, 6) is 0.410. The number of benzene rings is 1. The zero-order chi connectivity index (χ0) is 14.3. The quantitative estimate of drug-likeness (QED) is 0.557. The average molecular weight is 262 g/mol. The van der Waals surface area contributed by atoms with Crippen LogP contribution in [0.25, 0.3) is 0 Å². The smallest absolute Gasteiger partial charge is 0.333 e. The van der Waals surface area contributed by atoms with Crippen LogP contribution in [0, 0.1) is 0 Å². The third kappa shape index (κ3) is 5.60. The maximum atomic E-state index is 11.3. The van der Waals surface area contributed by atoms with Crippen molar-refractivity contribution in [3.63, 3.8) is 0 Å². The Balaban J connectivity index is 2.39. The normalized spacial score (nSPS) is 11.7. The van der Waals surface area contributed by atoms with E-state index in [0.29, 0.717) is 12.2 Å². The minimum absolute atomic E-state index is 0.292. The van der Waals surface area contributed by atoms with Crippen molar-refractivity contribution in [1.29, 1.82) is 0 Å². The predicted molar refractivity (Wildman–Crippen MR) is 76.3 cm³/mol. The number of carbonyl (C=O) groups is 1. The third-order valence-corrected chi connectivity index (χ3v) is 2.60. The van der Waals surface area contributed by atoms with Crippen molar-refractivity contribution in [2.24, 2.45) is 0 Å². The molecular formula is C16H22O3. The largest absolute Gasteiger partial charge is 0.490 e. The molecule has 0 bridgehead atoms. The number of aryl methyl sites for hydroxylation is 1. The molecule has 0 fully saturated rings. The number of carbonyl (C=O) groups excluding carboxylic acids is 1. The van der Waals surface area contributed by atoms with E-state index in [1.165, 1.54) is 5.56 Å². The number of ether oxygens (including phenoxy) is 2. The van der Waals surface area contributed by atoms with Crippen LogP contribution in [0.1, 0.15) is 32.8 Å². The van der Waals surface area contributed by atoms with Crippen molar-refractivity contribution < 1.29 is 14.3 Å². The van der Waals surface area contributed by atoms with Crippen molar-refractivity contribution in [2.45, 2.75) is 39.7 Å². The van der Waals surface area contributed by atoms with Crippen molar-refractivity contribution in [3.8, 4) is 5.75 Å². The Hall–Kier alpha value is -1.77. The number of rotatable bonds is 7. The molecule has 1 unspecified atom stereocenters. The number of hydrogen-bond acceptors (Lipinski definition) is 3. The molecule has 19 heavy (non-hydrogen) atoms. The lowest BCUT2D eigenvalue weighted by molar-refractivity contribution is -0.144. The first-order valence-electron chi connectivity index (χ1n) is 6.61. The molecule has 1 rings (SSSR count). The van der Waals surface area contributed by atoms with Crippen LogP contribution < -0.4 is 4.74 Å². The van der Waals surface area contributed by atoms with E-state index in [-0.39, 0.29) is 12.1 Å². The molecule has 0 aromatic heterocycles. The van der Waals surface area contributed by atoms with Crippen LogP contribution in [0.4, 0.5) is 0 Å². The molecule has 0 N–H and O–H groups in total. The predicted octanol–water partition coefficient (Wildman–Crippen LogP) is 3.53. The minimum Gasteiger partial charge on any atom is -0.490 e. The molecule has 0 amide bonds. The van der Waals surface area contributed by atoms with Crippen LogP contribution in [-0.2, 0) is 16.0 Å². The van der Waals surface area contributed by atoms with E-state index in [4.69, 9.17) is 9.47 Å². The second-order valence-electron chi connectivity index (χ2n) is 4.70. The van der Waals surface area contributed by atoms with Gasteiger partial charge in [-0.15, -0.1) is 0 Å². The van der Waals surface area contributed by atoms with Crippen LogP contribution in [0.3, 0.4) is 0 Å². The summed E-state index contributed by atoms with van der Waals surface area (Å²) in [5.41, 5.74) is 1.70. The average Bonchev–Trinajstić information content (AvgIpc) is 2.38. The van der Waals surface area contributed by atoms with Gasteiger partial charge in [0.1, 0.15) is 18.5 Å². The summed E-state index contributed by atoms with van der Waals surface area (Å²) in [5, 5.41) is 0. The first kappa shape index (κ1) is 15.3. The fraction of sp³-hybridized carbons (Fsp3) is 0.438. The maximum absolute atomic E-state index is 11.3. The van der Waals surface area contributed by atoms with E-state index in [1.807, 2.05) is 12.1 Å². The van der Waals surface area contributed by atoms with Gasteiger partial charge in [-0.1, -0.05) is 32.1 Å². The van der Waals surface area contributed by atoms with Crippen molar-refractivity contribution in [3.05, 3.63) is 42.0 Å². The molecule has 3 nitrogen and oxygen atoms in total. The van der Waals surface area contributed by atoms with Gasteiger partial charge in [0, 0.05) is 5.57 Å². The summed E-state index contributed by atoms with van der Waals surface area (Å²) in [6.45, 7) is 9.46. The Bertz CT molecular complexity index is 420. The van der Waals surface area contributed by atoms with Gasteiger partial charge in [0.05, 0.1) is 0 Å². The van der Waals surface area contributed by atoms with E-state index in [9.17, 15) is 4.79 Å². The zero-order valence-corrected chi connectivity index (χ0v) is 11.9. The molecular weight excluding hydrogens is 240 g/mol. The van der Waals surface area contributed by atoms with Crippen molar-refractivity contribution in [2.75, 3.05) is 6.61 Å². The minimum atomic E-state index is -0.380. The molecule has 3 heteroatoms. The number of esters is 1. The van der Waals surface area contributed by atoms with Crippen LogP contribution >= 0.6 is 0 Å². The standard InChI is InChI=1S/C16H22O3/c1-5-6-14-7-9-15(10-8-14)18-11-13(4)19-16(17)12(2)3/h7-10,13H,2,5-6,11H2,1,3-4H3. The summed E-state index contributed by atoms with van der Waals surface area (Å²) in [6.07, 6.45) is 1.92. The highest BCUT2D eigenvalue weighted by Crippen LogP contribution is 2.14. The first-order valence-corrected chi connectivity index (χ1v) is 6.61. The number of hydrogen-bond donors (Lipinski definition) is 0. The topological polar surface area (TPSA) is 35.5 Å². The Morgan fingerprint density at radius 2 is 1.95 bits per heavy atom. The summed E-state index contributed by atoms with van der Waals surface area (Å²) in [6, 6.07) is 8.00. The van der Waals surface area contributed by atoms with E-state index in [0.717, 1.165) is 18.6 Å². The van der Waals surface area contributed by atoms with Gasteiger partial charge in [-0.3, -0.25) is 0 Å². The highest BCUT2D eigenvalue weighted by atomic mass is 16.6. The van der Waals surface area contributed by atoms with Gasteiger partial charge in [0.25, 0.3) is 0 Å². The fourth-order valence-corrected chi connectivity index (χ4v) is 1.57. The lowest BCUT2D eigenvalue weighted by atomic mass is 10.1. The van der Waals surface area contributed by atoms with Crippen LogP contribution in [0.15, 0.2) is 36.4 Å². The molecule has 0 saturated carbocycles. The molecule has 0 heterocycles. The van der Waals surface area contributed by atoms with Gasteiger partial charge in [-0.05, 0) is 38.0 Å². The summed E-state index contributed by atoms with van der Waals surface area (Å²) < 4.78 is 10.7. The Morgan fingerprint density at radius 3 is 2.47 bits per heavy atom. The zero-order valence-electron chi connectivity index (χ0n) is 11.9. The van der Waals surface area contributed by atoms with Gasteiger partial charge in [-0.2, -0.15) is 0 Å². The van der Waals surface area contributed by atoms with E-state index < -0.39 is 0 Å². The van der Waals surface area contributed by atoms with Crippen molar-refractivity contribution in [1.82, 2.24) is 0 Å². The Morgan fingerprint density at radius 1 is 1.32 bits per heavy atom. The summed E-state index contributed by atoms with van der Waals surface area (Å²) >= 11 is 0. The second kappa shape index (κ2) is 7.62. The molecule has 0 spiro atoms. The Kier molecular flexibility index (Phi) is 6.13. The monoisotopic (exact) mass is 262 g/mol. The van der Waals surface area contributed by atoms with Crippen LogP contribution in [0.2, 0.25) is 0 Å². The molecule has 0 radical (unpaired) electrons. The highest BCUT2D eigenvalue weighted by Gasteiger charge is 2.10. The molecule has 0 saturated heterocycles. The molecule has 1 aromatic carbocycles. The van der Waals surface area contributed by atoms with Gasteiger partial charge in [-0.25, -0.2) is 4.79 Å².